The Kier molecular flexibility index (Phi) is 4.91. The normalized spacial score (nSPS) is 19.5. The molecular weight excluding hydrogens is 252 g/mol. The Bertz CT molecular complexity index is 509. The number of rotatable bonds is 3. The topological polar surface area (TPSA) is 62.0 Å². The molecule has 1 unspecified atom stereocenters. The summed E-state index contributed by atoms with van der Waals surface area (Å²) in [5.41, 5.74) is 2.66. The highest BCUT2D eigenvalue weighted by Crippen LogP contribution is 2.24. The molecule has 1 aliphatic heterocycles. The minimum atomic E-state index is 0.154. The Hall–Kier alpha value is -1.67. The van der Waals surface area contributed by atoms with Crippen molar-refractivity contribution in [3.8, 4) is 6.07 Å². The van der Waals surface area contributed by atoms with Gasteiger partial charge in [0, 0.05) is 19.7 Å². The molecule has 1 atom stereocenters. The number of nitriles is 1. The van der Waals surface area contributed by atoms with Crippen LogP contribution >= 0.6 is 0 Å². The zero-order chi connectivity index (χ0) is 14.5. The number of aryl methyl sites for hydroxylation is 1. The van der Waals surface area contributed by atoms with Crippen LogP contribution in [0.5, 0.6) is 0 Å². The molecule has 0 bridgehead atoms. The maximum absolute atomic E-state index is 9.54. The van der Waals surface area contributed by atoms with Gasteiger partial charge in [0.2, 0.25) is 0 Å². The lowest BCUT2D eigenvalue weighted by Gasteiger charge is -2.24. The molecule has 1 aliphatic rings. The molecule has 0 N–H and O–H groups in total. The zero-order valence-corrected chi connectivity index (χ0v) is 12.5. The second-order valence-electron chi connectivity index (χ2n) is 5.12. The summed E-state index contributed by atoms with van der Waals surface area (Å²) in [7, 11) is 0. The van der Waals surface area contributed by atoms with Crippen LogP contribution in [-0.2, 0) is 17.6 Å². The molecule has 0 saturated carbocycles. The third kappa shape index (κ3) is 2.91. The van der Waals surface area contributed by atoms with E-state index >= 15 is 0 Å². The predicted molar refractivity (Wildman–Crippen MR) is 77.7 cm³/mol. The van der Waals surface area contributed by atoms with E-state index in [2.05, 4.69) is 35.0 Å². The summed E-state index contributed by atoms with van der Waals surface area (Å²) in [6.45, 7) is 8.56. The van der Waals surface area contributed by atoms with Gasteiger partial charge >= 0.3 is 0 Å². The lowest BCUT2D eigenvalue weighted by molar-refractivity contribution is 0.0820. The number of hydrogen-bond donors (Lipinski definition) is 0. The quantitative estimate of drug-likeness (QED) is 0.844. The monoisotopic (exact) mass is 274 g/mol. The Morgan fingerprint density at radius 3 is 2.80 bits per heavy atom. The van der Waals surface area contributed by atoms with Gasteiger partial charge in [-0.1, -0.05) is 13.8 Å². The van der Waals surface area contributed by atoms with Crippen molar-refractivity contribution in [2.45, 2.75) is 46.1 Å². The second-order valence-corrected chi connectivity index (χ2v) is 5.12. The third-order valence-corrected chi connectivity index (χ3v) is 3.69. The van der Waals surface area contributed by atoms with Crippen LogP contribution in [-0.4, -0.2) is 36.0 Å². The fraction of sp³-hybridized carbons (Fsp3) is 0.667. The minimum Gasteiger partial charge on any atom is -0.377 e. The first-order chi connectivity index (χ1) is 9.71. The van der Waals surface area contributed by atoms with Gasteiger partial charge in [-0.05, 0) is 31.7 Å². The summed E-state index contributed by atoms with van der Waals surface area (Å²) in [6, 6.07) is 2.34. The van der Waals surface area contributed by atoms with Crippen LogP contribution in [0.15, 0.2) is 0 Å². The van der Waals surface area contributed by atoms with E-state index in [0.717, 1.165) is 56.0 Å². The highest BCUT2D eigenvalue weighted by atomic mass is 16.5. The van der Waals surface area contributed by atoms with Crippen molar-refractivity contribution in [2.24, 2.45) is 0 Å². The van der Waals surface area contributed by atoms with Crippen molar-refractivity contribution in [1.82, 2.24) is 10.2 Å². The molecule has 5 heteroatoms. The molecule has 1 aromatic rings. The van der Waals surface area contributed by atoms with Gasteiger partial charge in [-0.3, -0.25) is 0 Å². The summed E-state index contributed by atoms with van der Waals surface area (Å²) in [5.74, 6) is 0.721. The molecule has 0 aliphatic carbocycles. The van der Waals surface area contributed by atoms with Gasteiger partial charge in [0.15, 0.2) is 5.82 Å². The van der Waals surface area contributed by atoms with Gasteiger partial charge in [-0.25, -0.2) is 0 Å². The standard InChI is InChI=1S/C15H22N4O/c1-4-12-13(9-16)15(18-17-14(12)5-2)19-7-6-8-20-11(3)10-19/h11H,4-8,10H2,1-3H3. The van der Waals surface area contributed by atoms with Crippen molar-refractivity contribution in [2.75, 3.05) is 24.6 Å². The Labute approximate surface area is 120 Å². The molecule has 1 saturated heterocycles. The van der Waals surface area contributed by atoms with Gasteiger partial charge in [0.05, 0.1) is 11.8 Å². The molecule has 2 rings (SSSR count). The molecule has 0 amide bonds. The smallest absolute Gasteiger partial charge is 0.169 e. The van der Waals surface area contributed by atoms with E-state index in [0.29, 0.717) is 5.56 Å². The number of nitrogens with zero attached hydrogens (tertiary/aromatic N) is 4. The first-order valence-corrected chi connectivity index (χ1v) is 7.36. The maximum Gasteiger partial charge on any atom is 0.169 e. The fourth-order valence-corrected chi connectivity index (χ4v) is 2.69. The van der Waals surface area contributed by atoms with Crippen LogP contribution < -0.4 is 4.90 Å². The molecular formula is C15H22N4O. The molecule has 0 radical (unpaired) electrons. The van der Waals surface area contributed by atoms with E-state index in [-0.39, 0.29) is 6.10 Å². The summed E-state index contributed by atoms with van der Waals surface area (Å²) < 4.78 is 5.66. The van der Waals surface area contributed by atoms with Crippen LogP contribution in [0.4, 0.5) is 5.82 Å². The van der Waals surface area contributed by atoms with Crippen molar-refractivity contribution >= 4 is 5.82 Å². The largest absolute Gasteiger partial charge is 0.377 e. The number of aromatic nitrogens is 2. The average molecular weight is 274 g/mol. The fourth-order valence-electron chi connectivity index (χ4n) is 2.69. The lowest BCUT2D eigenvalue weighted by Crippen LogP contribution is -2.32. The van der Waals surface area contributed by atoms with Gasteiger partial charge < -0.3 is 9.64 Å². The maximum atomic E-state index is 9.54. The Morgan fingerprint density at radius 1 is 1.35 bits per heavy atom. The van der Waals surface area contributed by atoms with E-state index in [4.69, 9.17) is 4.74 Å². The molecule has 5 nitrogen and oxygen atoms in total. The third-order valence-electron chi connectivity index (χ3n) is 3.69. The average Bonchev–Trinajstić information content (AvgIpc) is 2.69. The lowest BCUT2D eigenvalue weighted by atomic mass is 10.0. The van der Waals surface area contributed by atoms with Crippen molar-refractivity contribution in [3.05, 3.63) is 16.8 Å². The minimum absolute atomic E-state index is 0.154. The molecule has 1 aromatic heterocycles. The molecule has 108 valence electrons. The Morgan fingerprint density at radius 2 is 2.15 bits per heavy atom. The molecule has 1 fully saturated rings. The number of hydrogen-bond acceptors (Lipinski definition) is 5. The van der Waals surface area contributed by atoms with E-state index in [1.54, 1.807) is 0 Å². The zero-order valence-electron chi connectivity index (χ0n) is 12.5. The first-order valence-electron chi connectivity index (χ1n) is 7.36. The van der Waals surface area contributed by atoms with Crippen molar-refractivity contribution < 1.29 is 4.74 Å². The van der Waals surface area contributed by atoms with Gasteiger partial charge in [-0.2, -0.15) is 10.4 Å². The van der Waals surface area contributed by atoms with Crippen molar-refractivity contribution in [3.63, 3.8) is 0 Å². The summed E-state index contributed by atoms with van der Waals surface area (Å²) >= 11 is 0. The molecule has 0 aromatic carbocycles. The summed E-state index contributed by atoms with van der Waals surface area (Å²) in [4.78, 5) is 2.14. The predicted octanol–water partition coefficient (Wildman–Crippen LogP) is 2.09. The first kappa shape index (κ1) is 14.7. The second kappa shape index (κ2) is 6.67. The SMILES string of the molecule is CCc1nnc(N2CCCOC(C)C2)c(C#N)c1CC. The van der Waals surface area contributed by atoms with Crippen LogP contribution in [0.1, 0.15) is 44.0 Å². The van der Waals surface area contributed by atoms with Crippen LogP contribution in [0.25, 0.3) is 0 Å². The van der Waals surface area contributed by atoms with Crippen LogP contribution in [0.3, 0.4) is 0 Å². The van der Waals surface area contributed by atoms with Crippen LogP contribution in [0.2, 0.25) is 0 Å². The molecule has 2 heterocycles. The number of ether oxygens (including phenoxy) is 1. The highest BCUT2D eigenvalue weighted by Gasteiger charge is 2.22. The van der Waals surface area contributed by atoms with E-state index in [9.17, 15) is 5.26 Å². The summed E-state index contributed by atoms with van der Waals surface area (Å²) in [6.07, 6.45) is 2.73. The van der Waals surface area contributed by atoms with Crippen molar-refractivity contribution in [1.29, 1.82) is 5.26 Å². The van der Waals surface area contributed by atoms with Crippen LogP contribution in [0, 0.1) is 11.3 Å². The summed E-state index contributed by atoms with van der Waals surface area (Å²) in [5, 5.41) is 18.2. The van der Waals surface area contributed by atoms with E-state index in [1.807, 2.05) is 6.92 Å². The molecule has 0 spiro atoms. The van der Waals surface area contributed by atoms with Gasteiger partial charge in [0.25, 0.3) is 0 Å². The van der Waals surface area contributed by atoms with E-state index < -0.39 is 0 Å². The highest BCUT2D eigenvalue weighted by molar-refractivity contribution is 5.58. The van der Waals surface area contributed by atoms with Gasteiger partial charge in [-0.15, -0.1) is 5.10 Å². The Balaban J connectivity index is 2.43. The van der Waals surface area contributed by atoms with Gasteiger partial charge in [0.1, 0.15) is 11.6 Å². The molecule has 20 heavy (non-hydrogen) atoms. The number of anilines is 1. The van der Waals surface area contributed by atoms with E-state index in [1.165, 1.54) is 0 Å².